The van der Waals surface area contributed by atoms with Crippen LogP contribution in [-0.4, -0.2) is 31.6 Å². The third kappa shape index (κ3) is 2.80. The lowest BCUT2D eigenvalue weighted by Gasteiger charge is -2.26. The zero-order valence-electron chi connectivity index (χ0n) is 14.0. The van der Waals surface area contributed by atoms with Crippen LogP contribution in [0.15, 0.2) is 36.4 Å². The van der Waals surface area contributed by atoms with Crippen molar-refractivity contribution < 1.29 is 19.1 Å². The summed E-state index contributed by atoms with van der Waals surface area (Å²) in [5.74, 6) is 1.10. The second kappa shape index (κ2) is 5.81. The van der Waals surface area contributed by atoms with Gasteiger partial charge in [0.2, 0.25) is 0 Å². The van der Waals surface area contributed by atoms with Gasteiger partial charge >= 0.3 is 0 Å². The van der Waals surface area contributed by atoms with E-state index in [1.807, 2.05) is 25.1 Å². The number of amides is 2. The maximum Gasteiger partial charge on any atom is 0.264 e. The Balaban J connectivity index is 1.56. The molecule has 1 atom stereocenters. The van der Waals surface area contributed by atoms with E-state index in [-0.39, 0.29) is 24.5 Å². The van der Waals surface area contributed by atoms with E-state index in [4.69, 9.17) is 9.47 Å². The fourth-order valence-electron chi connectivity index (χ4n) is 3.12. The summed E-state index contributed by atoms with van der Waals surface area (Å²) in [5, 5.41) is 2.90. The molecule has 0 aromatic heterocycles. The Labute approximate surface area is 145 Å². The largest absolute Gasteiger partial charge is 0.490 e. The van der Waals surface area contributed by atoms with Gasteiger partial charge in [0.25, 0.3) is 11.8 Å². The van der Waals surface area contributed by atoms with Crippen LogP contribution in [0.4, 0.5) is 11.4 Å². The molecule has 0 saturated carbocycles. The van der Waals surface area contributed by atoms with Gasteiger partial charge < -0.3 is 19.7 Å². The summed E-state index contributed by atoms with van der Waals surface area (Å²) in [5.41, 5.74) is 2.88. The molecule has 0 aliphatic carbocycles. The minimum absolute atomic E-state index is 0.0185. The van der Waals surface area contributed by atoms with Crippen LogP contribution in [0.2, 0.25) is 0 Å². The molecule has 2 aromatic carbocycles. The fourth-order valence-corrected chi connectivity index (χ4v) is 3.12. The van der Waals surface area contributed by atoms with Crippen molar-refractivity contribution >= 4 is 23.2 Å². The molecule has 0 spiro atoms. The number of hydrogen-bond donors (Lipinski definition) is 1. The third-order valence-electron chi connectivity index (χ3n) is 4.46. The summed E-state index contributed by atoms with van der Waals surface area (Å²) in [7, 11) is 1.67. The lowest BCUT2D eigenvalue weighted by Crippen LogP contribution is -2.35. The molecular formula is C19H18N2O4. The van der Waals surface area contributed by atoms with Gasteiger partial charge in [0.1, 0.15) is 17.6 Å². The monoisotopic (exact) mass is 338 g/mol. The lowest BCUT2D eigenvalue weighted by atomic mass is 10.1. The van der Waals surface area contributed by atoms with Gasteiger partial charge in [0, 0.05) is 24.7 Å². The van der Waals surface area contributed by atoms with Crippen LogP contribution in [0.5, 0.6) is 11.5 Å². The number of nitrogens with zero attached hydrogens (tertiary/aromatic N) is 1. The molecule has 0 radical (unpaired) electrons. The summed E-state index contributed by atoms with van der Waals surface area (Å²) in [6, 6.07) is 10.7. The van der Waals surface area contributed by atoms with Crippen molar-refractivity contribution in [1.29, 1.82) is 0 Å². The summed E-state index contributed by atoms with van der Waals surface area (Å²) in [4.78, 5) is 25.8. The van der Waals surface area contributed by atoms with E-state index in [1.165, 1.54) is 4.90 Å². The molecule has 0 bridgehead atoms. The zero-order chi connectivity index (χ0) is 17.6. The van der Waals surface area contributed by atoms with Crippen LogP contribution in [0.3, 0.4) is 0 Å². The number of anilines is 2. The Morgan fingerprint density at radius 2 is 2.00 bits per heavy atom. The number of hydrogen-bond acceptors (Lipinski definition) is 4. The predicted octanol–water partition coefficient (Wildman–Crippen LogP) is 2.62. The van der Waals surface area contributed by atoms with Gasteiger partial charge in [-0.25, -0.2) is 0 Å². The second-order valence-corrected chi connectivity index (χ2v) is 6.33. The highest BCUT2D eigenvalue weighted by atomic mass is 16.5. The van der Waals surface area contributed by atoms with Crippen molar-refractivity contribution in [3.05, 3.63) is 47.5 Å². The van der Waals surface area contributed by atoms with Crippen molar-refractivity contribution in [1.82, 2.24) is 0 Å². The molecular weight excluding hydrogens is 320 g/mol. The van der Waals surface area contributed by atoms with Crippen LogP contribution in [0, 0.1) is 0 Å². The standard InChI is InChI=1S/C19H18N2O4/c1-11-7-13-8-14(4-6-16(13)25-11)20-19(23)12-3-5-17-15(9-12)21(2)18(22)10-24-17/h3-6,8-9,11H,7,10H2,1-2H3,(H,20,23). The molecule has 6 nitrogen and oxygen atoms in total. The number of nitrogens with one attached hydrogen (secondary N) is 1. The Morgan fingerprint density at radius 3 is 2.84 bits per heavy atom. The molecule has 128 valence electrons. The number of carbonyl (C=O) groups is 2. The predicted molar refractivity (Wildman–Crippen MR) is 93.5 cm³/mol. The highest BCUT2D eigenvalue weighted by Gasteiger charge is 2.24. The normalized spacial score (nSPS) is 18.1. The summed E-state index contributed by atoms with van der Waals surface area (Å²) < 4.78 is 11.1. The molecule has 2 amide bonds. The van der Waals surface area contributed by atoms with E-state index in [9.17, 15) is 9.59 Å². The molecule has 25 heavy (non-hydrogen) atoms. The van der Waals surface area contributed by atoms with Crippen molar-refractivity contribution in [3.63, 3.8) is 0 Å². The van der Waals surface area contributed by atoms with E-state index in [0.29, 0.717) is 17.0 Å². The first-order chi connectivity index (χ1) is 12.0. The van der Waals surface area contributed by atoms with Gasteiger partial charge in [-0.15, -0.1) is 0 Å². The number of rotatable bonds is 2. The van der Waals surface area contributed by atoms with E-state index in [2.05, 4.69) is 5.32 Å². The molecule has 1 unspecified atom stereocenters. The molecule has 1 N–H and O–H groups in total. The fraction of sp³-hybridized carbons (Fsp3) is 0.263. The molecule has 2 aliphatic heterocycles. The Bertz CT molecular complexity index is 878. The first kappa shape index (κ1) is 15.5. The van der Waals surface area contributed by atoms with E-state index < -0.39 is 0 Å². The van der Waals surface area contributed by atoms with Gasteiger partial charge in [-0.3, -0.25) is 9.59 Å². The highest BCUT2D eigenvalue weighted by molar-refractivity contribution is 6.06. The number of fused-ring (bicyclic) bond motifs is 2. The average Bonchev–Trinajstić information content (AvgIpc) is 2.97. The summed E-state index contributed by atoms with van der Waals surface area (Å²) >= 11 is 0. The van der Waals surface area contributed by atoms with Crippen molar-refractivity contribution in [2.75, 3.05) is 23.9 Å². The molecule has 4 rings (SSSR count). The Kier molecular flexibility index (Phi) is 3.60. The second-order valence-electron chi connectivity index (χ2n) is 6.33. The van der Waals surface area contributed by atoms with E-state index >= 15 is 0 Å². The van der Waals surface area contributed by atoms with Crippen LogP contribution >= 0.6 is 0 Å². The molecule has 2 aromatic rings. The smallest absolute Gasteiger partial charge is 0.264 e. The van der Waals surface area contributed by atoms with Crippen molar-refractivity contribution in [2.24, 2.45) is 0 Å². The number of likely N-dealkylation sites (N-methyl/N-ethyl adjacent to an activating group) is 1. The minimum atomic E-state index is -0.235. The van der Waals surface area contributed by atoms with Crippen LogP contribution < -0.4 is 19.7 Å². The van der Waals surface area contributed by atoms with Crippen LogP contribution in [-0.2, 0) is 11.2 Å². The summed E-state index contributed by atoms with van der Waals surface area (Å²) in [6.07, 6.45) is 0.997. The van der Waals surface area contributed by atoms with E-state index in [1.54, 1.807) is 25.2 Å². The zero-order valence-corrected chi connectivity index (χ0v) is 14.0. The Morgan fingerprint density at radius 1 is 1.20 bits per heavy atom. The maximum absolute atomic E-state index is 12.6. The first-order valence-electron chi connectivity index (χ1n) is 8.15. The van der Waals surface area contributed by atoms with Gasteiger partial charge in [0.05, 0.1) is 5.69 Å². The van der Waals surface area contributed by atoms with Gasteiger partial charge in [0.15, 0.2) is 6.61 Å². The maximum atomic E-state index is 12.6. The molecule has 2 aliphatic rings. The first-order valence-corrected chi connectivity index (χ1v) is 8.15. The minimum Gasteiger partial charge on any atom is -0.490 e. The van der Waals surface area contributed by atoms with Crippen molar-refractivity contribution in [3.8, 4) is 11.5 Å². The lowest BCUT2D eigenvalue weighted by molar-refractivity contribution is -0.120. The highest BCUT2D eigenvalue weighted by Crippen LogP contribution is 2.33. The summed E-state index contributed by atoms with van der Waals surface area (Å²) in [6.45, 7) is 2.04. The SMILES string of the molecule is CC1Cc2cc(NC(=O)c3ccc4c(c3)N(C)C(=O)CO4)ccc2O1. The van der Waals surface area contributed by atoms with Crippen molar-refractivity contribution in [2.45, 2.75) is 19.4 Å². The number of benzene rings is 2. The van der Waals surface area contributed by atoms with Gasteiger partial charge in [-0.05, 0) is 48.9 Å². The van der Waals surface area contributed by atoms with Gasteiger partial charge in [-0.1, -0.05) is 0 Å². The van der Waals surface area contributed by atoms with Crippen LogP contribution in [0.1, 0.15) is 22.8 Å². The molecule has 0 saturated heterocycles. The van der Waals surface area contributed by atoms with Crippen LogP contribution in [0.25, 0.3) is 0 Å². The van der Waals surface area contributed by atoms with Gasteiger partial charge in [-0.2, -0.15) is 0 Å². The molecule has 6 heteroatoms. The third-order valence-corrected chi connectivity index (χ3v) is 4.46. The number of carbonyl (C=O) groups excluding carboxylic acids is 2. The number of ether oxygens (including phenoxy) is 2. The average molecular weight is 338 g/mol. The molecule has 0 fully saturated rings. The quantitative estimate of drug-likeness (QED) is 0.914. The molecule has 2 heterocycles. The van der Waals surface area contributed by atoms with E-state index in [0.717, 1.165) is 23.4 Å². The Hall–Kier alpha value is -3.02. The topological polar surface area (TPSA) is 67.9 Å².